The molecular weight excluding hydrogens is 266 g/mol. The minimum absolute atomic E-state index is 0.259. The zero-order valence-corrected chi connectivity index (χ0v) is 12.2. The molecule has 0 aliphatic carbocycles. The zero-order chi connectivity index (χ0) is 15.2. The van der Waals surface area contributed by atoms with Crippen LogP contribution in [0.15, 0.2) is 36.5 Å². The molecule has 0 saturated carbocycles. The molecule has 0 bridgehead atoms. The Morgan fingerprint density at radius 2 is 2.14 bits per heavy atom. The van der Waals surface area contributed by atoms with E-state index in [2.05, 4.69) is 10.3 Å². The number of hydrogen-bond donors (Lipinski definition) is 2. The monoisotopic (exact) mass is 285 g/mol. The van der Waals surface area contributed by atoms with E-state index in [4.69, 9.17) is 10.5 Å². The lowest BCUT2D eigenvalue weighted by Gasteiger charge is -2.12. The largest absolute Gasteiger partial charge is 0.398 e. The molecule has 1 aromatic heterocycles. The summed E-state index contributed by atoms with van der Waals surface area (Å²) < 4.78 is 5.08. The lowest BCUT2D eigenvalue weighted by Crippen LogP contribution is -2.16. The van der Waals surface area contributed by atoms with Crippen molar-refractivity contribution in [2.45, 2.75) is 13.3 Å². The van der Waals surface area contributed by atoms with Gasteiger partial charge in [-0.2, -0.15) is 0 Å². The Morgan fingerprint density at radius 3 is 2.86 bits per heavy atom. The number of aryl methyl sites for hydroxylation is 1. The van der Waals surface area contributed by atoms with Crippen LogP contribution in [-0.2, 0) is 11.2 Å². The number of nitrogen functional groups attached to an aromatic ring is 1. The first-order chi connectivity index (χ1) is 10.1. The summed E-state index contributed by atoms with van der Waals surface area (Å²) in [6.07, 6.45) is 2.23. The van der Waals surface area contributed by atoms with Crippen LogP contribution in [0.1, 0.15) is 21.6 Å². The van der Waals surface area contributed by atoms with Gasteiger partial charge in [-0.05, 0) is 31.0 Å². The van der Waals surface area contributed by atoms with Crippen molar-refractivity contribution in [1.82, 2.24) is 4.98 Å². The Balaban J connectivity index is 2.19. The summed E-state index contributed by atoms with van der Waals surface area (Å²) in [6, 6.07) is 9.32. The van der Waals surface area contributed by atoms with Gasteiger partial charge >= 0.3 is 0 Å². The Morgan fingerprint density at radius 1 is 1.38 bits per heavy atom. The molecule has 0 atom stereocenters. The number of aromatic nitrogens is 1. The smallest absolute Gasteiger partial charge is 0.259 e. The first kappa shape index (κ1) is 15.0. The third kappa shape index (κ3) is 3.79. The van der Waals surface area contributed by atoms with E-state index in [1.165, 1.54) is 6.20 Å². The summed E-state index contributed by atoms with van der Waals surface area (Å²) in [5, 5.41) is 2.88. The van der Waals surface area contributed by atoms with Crippen LogP contribution >= 0.6 is 0 Å². The van der Waals surface area contributed by atoms with Crippen LogP contribution in [0.25, 0.3) is 0 Å². The topological polar surface area (TPSA) is 77.2 Å². The standard InChI is InChI=1S/C16H19N3O2/c1-11-9-14(17)13(10-18-11)16(20)19-15-6-4-3-5-12(15)7-8-21-2/h3-6,9-10H,7-8H2,1-2H3,(H2,17,18)(H,19,20). The first-order valence-electron chi connectivity index (χ1n) is 6.72. The van der Waals surface area contributed by atoms with Crippen molar-refractivity contribution in [1.29, 1.82) is 0 Å². The van der Waals surface area contributed by atoms with Crippen molar-refractivity contribution >= 4 is 17.3 Å². The molecule has 110 valence electrons. The fourth-order valence-corrected chi connectivity index (χ4v) is 2.03. The van der Waals surface area contributed by atoms with Gasteiger partial charge in [0, 0.05) is 30.4 Å². The fraction of sp³-hybridized carbons (Fsp3) is 0.250. The Hall–Kier alpha value is -2.40. The zero-order valence-electron chi connectivity index (χ0n) is 12.2. The van der Waals surface area contributed by atoms with Crippen molar-refractivity contribution in [3.63, 3.8) is 0 Å². The van der Waals surface area contributed by atoms with Crippen LogP contribution in [0.2, 0.25) is 0 Å². The molecule has 0 fully saturated rings. The van der Waals surface area contributed by atoms with Crippen LogP contribution in [-0.4, -0.2) is 24.6 Å². The molecule has 0 aliphatic heterocycles. The lowest BCUT2D eigenvalue weighted by atomic mass is 10.1. The number of hydrogen-bond acceptors (Lipinski definition) is 4. The Bertz CT molecular complexity index is 641. The number of ether oxygens (including phenoxy) is 1. The van der Waals surface area contributed by atoms with Gasteiger partial charge in [-0.15, -0.1) is 0 Å². The highest BCUT2D eigenvalue weighted by Crippen LogP contribution is 2.19. The van der Waals surface area contributed by atoms with E-state index in [1.807, 2.05) is 31.2 Å². The minimum atomic E-state index is -0.259. The van der Waals surface area contributed by atoms with E-state index in [0.717, 1.165) is 23.4 Å². The molecular formula is C16H19N3O2. The number of nitrogens with two attached hydrogens (primary N) is 1. The number of amides is 1. The van der Waals surface area contributed by atoms with Gasteiger partial charge in [-0.3, -0.25) is 9.78 Å². The third-order valence-corrected chi connectivity index (χ3v) is 3.16. The number of rotatable bonds is 5. The summed E-state index contributed by atoms with van der Waals surface area (Å²) in [5.74, 6) is -0.259. The maximum absolute atomic E-state index is 12.3. The van der Waals surface area contributed by atoms with Crippen LogP contribution in [0, 0.1) is 6.92 Å². The van der Waals surface area contributed by atoms with E-state index < -0.39 is 0 Å². The van der Waals surface area contributed by atoms with E-state index >= 15 is 0 Å². The van der Waals surface area contributed by atoms with Crippen LogP contribution in [0.4, 0.5) is 11.4 Å². The fourth-order valence-electron chi connectivity index (χ4n) is 2.03. The van der Waals surface area contributed by atoms with E-state index in [1.54, 1.807) is 13.2 Å². The number of nitrogens with zero attached hydrogens (tertiary/aromatic N) is 1. The molecule has 2 rings (SSSR count). The van der Waals surface area contributed by atoms with Gasteiger partial charge in [0.05, 0.1) is 12.2 Å². The molecule has 0 aliphatic rings. The van der Waals surface area contributed by atoms with Gasteiger partial charge < -0.3 is 15.8 Å². The molecule has 1 amide bonds. The summed E-state index contributed by atoms with van der Waals surface area (Å²) >= 11 is 0. The van der Waals surface area contributed by atoms with Gasteiger partial charge in [-0.25, -0.2) is 0 Å². The normalized spacial score (nSPS) is 10.4. The summed E-state index contributed by atoms with van der Waals surface area (Å²) in [7, 11) is 1.65. The number of carbonyl (C=O) groups excluding carboxylic acids is 1. The van der Waals surface area contributed by atoms with Gasteiger partial charge in [0.1, 0.15) is 0 Å². The molecule has 0 saturated heterocycles. The number of pyridine rings is 1. The lowest BCUT2D eigenvalue weighted by molar-refractivity contribution is 0.102. The summed E-state index contributed by atoms with van der Waals surface area (Å²) in [4.78, 5) is 16.4. The van der Waals surface area contributed by atoms with Gasteiger partial charge in [0.2, 0.25) is 0 Å². The van der Waals surface area contributed by atoms with E-state index in [-0.39, 0.29) is 5.91 Å². The number of para-hydroxylation sites is 1. The predicted octanol–water partition coefficient (Wildman–Crippen LogP) is 2.41. The van der Waals surface area contributed by atoms with Gasteiger partial charge in [0.15, 0.2) is 0 Å². The number of anilines is 2. The van der Waals surface area contributed by atoms with Crippen LogP contribution in [0.3, 0.4) is 0 Å². The highest BCUT2D eigenvalue weighted by Gasteiger charge is 2.12. The molecule has 5 nitrogen and oxygen atoms in total. The van der Waals surface area contributed by atoms with Crippen LogP contribution in [0.5, 0.6) is 0 Å². The van der Waals surface area contributed by atoms with Gasteiger partial charge in [-0.1, -0.05) is 18.2 Å². The number of carbonyl (C=O) groups is 1. The van der Waals surface area contributed by atoms with Crippen LogP contribution < -0.4 is 11.1 Å². The van der Waals surface area contributed by atoms with Gasteiger partial charge in [0.25, 0.3) is 5.91 Å². The highest BCUT2D eigenvalue weighted by molar-refractivity contribution is 6.07. The molecule has 3 N–H and O–H groups in total. The molecule has 0 unspecified atom stereocenters. The average molecular weight is 285 g/mol. The second-order valence-electron chi connectivity index (χ2n) is 4.77. The van der Waals surface area contributed by atoms with Crippen molar-refractivity contribution in [3.8, 4) is 0 Å². The first-order valence-corrected chi connectivity index (χ1v) is 6.72. The summed E-state index contributed by atoms with van der Waals surface area (Å²) in [5.41, 5.74) is 9.24. The number of methoxy groups -OCH3 is 1. The highest BCUT2D eigenvalue weighted by atomic mass is 16.5. The maximum Gasteiger partial charge on any atom is 0.259 e. The molecule has 0 spiro atoms. The van der Waals surface area contributed by atoms with Crippen molar-refractivity contribution in [2.24, 2.45) is 0 Å². The third-order valence-electron chi connectivity index (χ3n) is 3.16. The molecule has 21 heavy (non-hydrogen) atoms. The quantitative estimate of drug-likeness (QED) is 0.884. The summed E-state index contributed by atoms with van der Waals surface area (Å²) in [6.45, 7) is 2.43. The SMILES string of the molecule is COCCc1ccccc1NC(=O)c1cnc(C)cc1N. The second-order valence-corrected chi connectivity index (χ2v) is 4.77. The van der Waals surface area contributed by atoms with Crippen molar-refractivity contribution < 1.29 is 9.53 Å². The minimum Gasteiger partial charge on any atom is -0.398 e. The second kappa shape index (κ2) is 6.85. The maximum atomic E-state index is 12.3. The predicted molar refractivity (Wildman–Crippen MR) is 83.4 cm³/mol. The molecule has 5 heteroatoms. The Labute approximate surface area is 124 Å². The average Bonchev–Trinajstić information content (AvgIpc) is 2.46. The molecule has 0 radical (unpaired) electrons. The molecule has 1 heterocycles. The molecule has 1 aromatic carbocycles. The van der Waals surface area contributed by atoms with E-state index in [0.29, 0.717) is 17.9 Å². The number of nitrogens with one attached hydrogen (secondary N) is 1. The molecule has 2 aromatic rings. The van der Waals surface area contributed by atoms with Crippen molar-refractivity contribution in [3.05, 3.63) is 53.3 Å². The Kier molecular flexibility index (Phi) is 4.90. The number of benzene rings is 1. The van der Waals surface area contributed by atoms with E-state index in [9.17, 15) is 4.79 Å². The van der Waals surface area contributed by atoms with Crippen molar-refractivity contribution in [2.75, 3.05) is 24.8 Å².